The van der Waals surface area contributed by atoms with Gasteiger partial charge in [0.25, 0.3) is 0 Å². The zero-order valence-electron chi connectivity index (χ0n) is 10.5. The molecule has 0 aromatic heterocycles. The molecule has 2 rings (SSSR count). The van der Waals surface area contributed by atoms with Crippen LogP contribution < -0.4 is 11.1 Å². The number of ether oxygens (including phenoxy) is 1. The van der Waals surface area contributed by atoms with Crippen LogP contribution in [0.1, 0.15) is 24.8 Å². The van der Waals surface area contributed by atoms with Crippen molar-refractivity contribution in [2.75, 3.05) is 26.0 Å². The van der Waals surface area contributed by atoms with Crippen molar-refractivity contribution in [2.45, 2.75) is 25.8 Å². The van der Waals surface area contributed by atoms with Crippen LogP contribution >= 0.6 is 0 Å². The molecule has 0 atom stereocenters. The number of nitrogens with one attached hydrogen (secondary N) is 1. The summed E-state index contributed by atoms with van der Waals surface area (Å²) in [5, 5.41) is 3.52. The summed E-state index contributed by atoms with van der Waals surface area (Å²) in [7, 11) is 1.77. The first-order valence-corrected chi connectivity index (χ1v) is 6.29. The number of benzene rings is 1. The first-order valence-electron chi connectivity index (χ1n) is 6.29. The van der Waals surface area contributed by atoms with Gasteiger partial charge in [-0.05, 0) is 36.3 Å². The Morgan fingerprint density at radius 1 is 1.35 bits per heavy atom. The van der Waals surface area contributed by atoms with Gasteiger partial charge in [0.1, 0.15) is 0 Å². The van der Waals surface area contributed by atoms with Crippen molar-refractivity contribution in [3.63, 3.8) is 0 Å². The molecule has 17 heavy (non-hydrogen) atoms. The normalized spacial score (nSPS) is 17.0. The van der Waals surface area contributed by atoms with Crippen molar-refractivity contribution >= 4 is 5.69 Å². The van der Waals surface area contributed by atoms with Crippen molar-refractivity contribution in [1.82, 2.24) is 5.32 Å². The number of nitrogens with two attached hydrogens (primary N) is 1. The van der Waals surface area contributed by atoms with E-state index >= 15 is 0 Å². The Balaban J connectivity index is 1.75. The lowest BCUT2D eigenvalue weighted by atomic mass is 10.0. The smallest absolute Gasteiger partial charge is 0.0468 e. The highest BCUT2D eigenvalue weighted by Gasteiger charge is 2.41. The Bertz CT molecular complexity index is 361. The lowest BCUT2D eigenvalue weighted by Crippen LogP contribution is -2.25. The number of hydrogen-bond acceptors (Lipinski definition) is 3. The minimum Gasteiger partial charge on any atom is -0.398 e. The van der Waals surface area contributed by atoms with Crippen molar-refractivity contribution < 1.29 is 4.74 Å². The van der Waals surface area contributed by atoms with Gasteiger partial charge in [-0.1, -0.05) is 18.2 Å². The fourth-order valence-electron chi connectivity index (χ4n) is 2.17. The van der Waals surface area contributed by atoms with Gasteiger partial charge in [-0.25, -0.2) is 0 Å². The van der Waals surface area contributed by atoms with E-state index in [1.165, 1.54) is 24.8 Å². The molecule has 1 saturated carbocycles. The third-order valence-electron chi connectivity index (χ3n) is 3.66. The summed E-state index contributed by atoms with van der Waals surface area (Å²) in [5.41, 5.74) is 8.47. The fraction of sp³-hybridized carbons (Fsp3) is 0.571. The standard InChI is InChI=1S/C14H22N2O/c1-17-9-8-14(6-7-14)11-16-10-12-4-2-3-5-13(12)15/h2-5,16H,6-11,15H2,1H3. The number of nitrogen functional groups attached to an aromatic ring is 1. The second-order valence-corrected chi connectivity index (χ2v) is 5.05. The van der Waals surface area contributed by atoms with E-state index in [9.17, 15) is 0 Å². The summed E-state index contributed by atoms with van der Waals surface area (Å²) in [6, 6.07) is 8.04. The van der Waals surface area contributed by atoms with Crippen molar-refractivity contribution in [1.29, 1.82) is 0 Å². The monoisotopic (exact) mass is 234 g/mol. The topological polar surface area (TPSA) is 47.3 Å². The van der Waals surface area contributed by atoms with Gasteiger partial charge in [-0.15, -0.1) is 0 Å². The van der Waals surface area contributed by atoms with Gasteiger partial charge in [0.15, 0.2) is 0 Å². The van der Waals surface area contributed by atoms with Gasteiger partial charge in [0.05, 0.1) is 0 Å². The first kappa shape index (κ1) is 12.4. The Hall–Kier alpha value is -1.06. The van der Waals surface area contributed by atoms with Crippen LogP contribution in [0.25, 0.3) is 0 Å². The summed E-state index contributed by atoms with van der Waals surface area (Å²) in [6.45, 7) is 2.81. The molecule has 0 unspecified atom stereocenters. The lowest BCUT2D eigenvalue weighted by Gasteiger charge is -2.16. The zero-order valence-corrected chi connectivity index (χ0v) is 10.5. The molecule has 3 heteroatoms. The predicted molar refractivity (Wildman–Crippen MR) is 70.7 cm³/mol. The summed E-state index contributed by atoms with van der Waals surface area (Å²) < 4.78 is 5.15. The Labute approximate surface area is 103 Å². The molecular formula is C14H22N2O. The Morgan fingerprint density at radius 2 is 2.12 bits per heavy atom. The third-order valence-corrected chi connectivity index (χ3v) is 3.66. The highest BCUT2D eigenvalue weighted by Crippen LogP contribution is 2.48. The van der Waals surface area contributed by atoms with Gasteiger partial charge in [-0.2, -0.15) is 0 Å². The molecule has 0 amide bonds. The largest absolute Gasteiger partial charge is 0.398 e. The molecule has 94 valence electrons. The van der Waals surface area contributed by atoms with E-state index in [0.717, 1.165) is 25.4 Å². The molecule has 0 spiro atoms. The van der Waals surface area contributed by atoms with Crippen LogP contribution in [0.15, 0.2) is 24.3 Å². The fourth-order valence-corrected chi connectivity index (χ4v) is 2.17. The summed E-state index contributed by atoms with van der Waals surface area (Å²) in [5.74, 6) is 0. The van der Waals surface area contributed by atoms with Crippen LogP contribution in [-0.2, 0) is 11.3 Å². The van der Waals surface area contributed by atoms with Gasteiger partial charge in [0, 0.05) is 32.5 Å². The molecule has 1 fully saturated rings. The number of hydrogen-bond donors (Lipinski definition) is 2. The number of rotatable bonds is 7. The van der Waals surface area contributed by atoms with E-state index in [4.69, 9.17) is 10.5 Å². The summed E-state index contributed by atoms with van der Waals surface area (Å²) in [4.78, 5) is 0. The van der Waals surface area contributed by atoms with E-state index in [1.807, 2.05) is 18.2 Å². The third kappa shape index (κ3) is 3.45. The molecule has 0 saturated heterocycles. The molecule has 1 aliphatic carbocycles. The quantitative estimate of drug-likeness (QED) is 0.711. The summed E-state index contributed by atoms with van der Waals surface area (Å²) >= 11 is 0. The number of methoxy groups -OCH3 is 1. The van der Waals surface area contributed by atoms with Crippen LogP contribution in [0.5, 0.6) is 0 Å². The van der Waals surface area contributed by atoms with Gasteiger partial charge < -0.3 is 15.8 Å². The molecule has 1 aliphatic rings. The van der Waals surface area contributed by atoms with Gasteiger partial charge in [-0.3, -0.25) is 0 Å². The highest BCUT2D eigenvalue weighted by molar-refractivity contribution is 5.46. The van der Waals surface area contributed by atoms with Gasteiger partial charge >= 0.3 is 0 Å². The maximum atomic E-state index is 5.91. The average molecular weight is 234 g/mol. The molecule has 0 bridgehead atoms. The van der Waals surface area contributed by atoms with Crippen LogP contribution in [0, 0.1) is 5.41 Å². The van der Waals surface area contributed by atoms with E-state index in [2.05, 4.69) is 11.4 Å². The minimum atomic E-state index is 0.500. The molecule has 0 radical (unpaired) electrons. The SMILES string of the molecule is COCCC1(CNCc2ccccc2N)CC1. The predicted octanol–water partition coefficient (Wildman–Crippen LogP) is 2.18. The van der Waals surface area contributed by atoms with E-state index in [0.29, 0.717) is 5.41 Å². The number of para-hydroxylation sites is 1. The minimum absolute atomic E-state index is 0.500. The average Bonchev–Trinajstić information content (AvgIpc) is 3.10. The molecule has 1 aromatic carbocycles. The first-order chi connectivity index (χ1) is 8.26. The molecule has 1 aromatic rings. The van der Waals surface area contributed by atoms with E-state index in [1.54, 1.807) is 7.11 Å². The Kier molecular flexibility index (Phi) is 4.02. The maximum absolute atomic E-state index is 5.91. The van der Waals surface area contributed by atoms with E-state index in [-0.39, 0.29) is 0 Å². The van der Waals surface area contributed by atoms with E-state index < -0.39 is 0 Å². The van der Waals surface area contributed by atoms with Crippen LogP contribution in [0.4, 0.5) is 5.69 Å². The van der Waals surface area contributed by atoms with Crippen molar-refractivity contribution in [3.05, 3.63) is 29.8 Å². The Morgan fingerprint density at radius 3 is 2.76 bits per heavy atom. The molecule has 0 heterocycles. The molecule has 0 aliphatic heterocycles. The van der Waals surface area contributed by atoms with Crippen LogP contribution in [0.2, 0.25) is 0 Å². The molecule has 3 nitrogen and oxygen atoms in total. The molecule has 3 N–H and O–H groups in total. The molecular weight excluding hydrogens is 212 g/mol. The zero-order chi connectivity index (χ0) is 12.1. The number of anilines is 1. The van der Waals surface area contributed by atoms with Crippen LogP contribution in [0.3, 0.4) is 0 Å². The maximum Gasteiger partial charge on any atom is 0.0468 e. The highest BCUT2D eigenvalue weighted by atomic mass is 16.5. The second kappa shape index (κ2) is 5.52. The lowest BCUT2D eigenvalue weighted by molar-refractivity contribution is 0.171. The van der Waals surface area contributed by atoms with Crippen molar-refractivity contribution in [3.8, 4) is 0 Å². The summed E-state index contributed by atoms with van der Waals surface area (Å²) in [6.07, 6.45) is 3.82. The van der Waals surface area contributed by atoms with Gasteiger partial charge in [0.2, 0.25) is 0 Å². The van der Waals surface area contributed by atoms with Crippen molar-refractivity contribution in [2.24, 2.45) is 5.41 Å². The second-order valence-electron chi connectivity index (χ2n) is 5.05. The van der Waals surface area contributed by atoms with Crippen LogP contribution in [-0.4, -0.2) is 20.3 Å².